The largest absolute Gasteiger partial charge is 0.445 e. The maximum absolute atomic E-state index is 13.2. The number of rotatable bonds is 10. The molecule has 9 aromatic rings. The van der Waals surface area contributed by atoms with Gasteiger partial charge in [-0.25, -0.2) is 14.8 Å². The van der Waals surface area contributed by atoms with Crippen molar-refractivity contribution in [3.05, 3.63) is 201 Å². The minimum atomic E-state index is -0.398. The standard InChI is InChI=1S/C38H35N5O3.C30H29N5O.4H2S/c44-37-31-15-14-29(20-33(31)41-36(42-37)35-9-5-17-43(35)38(45)46-23-24-6-2-1-3-7-24)27-11-10-26-19-28(13-12-25(26)18-27)30-21-34(40-22-30)32-8-4-16-39-32;36-30-24-10-9-22(15-27(24)34-29(35-30)26-4-2-12-32-26)20-6-5-19-14-21(8-7-18(19)13-20)23-16-28(33-17-23)25-3-1-11-31-25;;;;/h1-3,6-7,10-15,18-20,22,32,35,39H,4-5,8-9,16-17,21,23H2,(H,41,42,44);5-10,13-15,17,25-26,31-32H,1-4,11-12,16H2,(H,34,35,36);4*1H2/t32-,35-;25-,26-;;;;/m00..../s1. The first-order valence-corrected chi connectivity index (χ1v) is 29.2. The zero-order chi connectivity index (χ0) is 55.1. The topological polar surface area (TPSA) is 182 Å². The number of amides is 1. The number of H-pyrrole nitrogens is 2. The molecule has 4 saturated heterocycles. The summed E-state index contributed by atoms with van der Waals surface area (Å²) in [6, 6.07) is 48.3. The Hall–Kier alpha value is -7.29. The lowest BCUT2D eigenvalue weighted by Crippen LogP contribution is -2.32. The van der Waals surface area contributed by atoms with Crippen LogP contribution in [0.5, 0.6) is 0 Å². The number of aromatic amines is 2. The maximum Gasteiger partial charge on any atom is 0.410 e. The van der Waals surface area contributed by atoms with Crippen molar-refractivity contribution in [3.8, 4) is 22.3 Å². The van der Waals surface area contributed by atoms with E-state index in [0.29, 0.717) is 47.2 Å². The monoisotopic (exact) mass is 1220 g/mol. The molecule has 6 aliphatic rings. The van der Waals surface area contributed by atoms with Gasteiger partial charge in [-0.2, -0.15) is 54.0 Å². The zero-order valence-corrected chi connectivity index (χ0v) is 51.7. The molecule has 0 spiro atoms. The van der Waals surface area contributed by atoms with Gasteiger partial charge in [-0.15, -0.1) is 0 Å². The van der Waals surface area contributed by atoms with Gasteiger partial charge in [0.15, 0.2) is 0 Å². The molecule has 0 radical (unpaired) electrons. The molecule has 18 heteroatoms. The molecule has 7 aromatic carbocycles. The number of nitrogens with zero attached hydrogens (tertiary/aromatic N) is 5. The number of carbonyl (C=O) groups excluding carboxylic acids is 1. The van der Waals surface area contributed by atoms with Crippen LogP contribution in [0, 0.1) is 0 Å². The van der Waals surface area contributed by atoms with Crippen molar-refractivity contribution in [2.45, 2.75) is 95.0 Å². The van der Waals surface area contributed by atoms with Crippen LogP contribution in [-0.4, -0.2) is 80.6 Å². The van der Waals surface area contributed by atoms with Crippen molar-refractivity contribution in [2.75, 3.05) is 26.2 Å². The van der Waals surface area contributed by atoms with Crippen molar-refractivity contribution >= 4 is 126 Å². The van der Waals surface area contributed by atoms with Crippen LogP contribution < -0.4 is 27.1 Å². The Morgan fingerprint density at radius 1 is 0.488 bits per heavy atom. The molecular formula is C68H72N10O4S4. The minimum Gasteiger partial charge on any atom is -0.445 e. The van der Waals surface area contributed by atoms with Gasteiger partial charge in [0, 0.05) is 55.3 Å². The predicted octanol–water partition coefficient (Wildman–Crippen LogP) is 12.7. The SMILES string of the molecule is O=C(OCc1ccccc1)N1CCC[C@H]1c1nc2cc(-c3ccc4cc(C5=CN=C([C@@H]6CCCN6)C5)ccc4c3)ccc2c(=O)[nH]1.O=c1[nH]c([C@@H]2CCCN2)nc2cc(-c3ccc4cc(C5=CN=C([C@@H]6CCCN6)C5)ccc4c3)ccc12.S.S.S.S. The van der Waals surface area contributed by atoms with Crippen LogP contribution in [0.1, 0.15) is 105 Å². The highest BCUT2D eigenvalue weighted by Crippen LogP contribution is 2.36. The lowest BCUT2D eigenvalue weighted by atomic mass is 9.95. The third-order valence-corrected chi connectivity index (χ3v) is 17.4. The first-order valence-electron chi connectivity index (χ1n) is 29.2. The van der Waals surface area contributed by atoms with Crippen LogP contribution in [0.3, 0.4) is 0 Å². The minimum absolute atomic E-state index is 0. The highest BCUT2D eigenvalue weighted by Gasteiger charge is 2.34. The van der Waals surface area contributed by atoms with Gasteiger partial charge in [0.1, 0.15) is 18.3 Å². The van der Waals surface area contributed by atoms with Gasteiger partial charge in [0.05, 0.1) is 33.9 Å². The molecule has 1 amide bonds. The Balaban J connectivity index is 0.000000187. The number of carbonyl (C=O) groups is 1. The zero-order valence-electron chi connectivity index (χ0n) is 47.7. The molecule has 0 bridgehead atoms. The second kappa shape index (κ2) is 27.2. The van der Waals surface area contributed by atoms with Crippen LogP contribution in [-0.2, 0) is 11.3 Å². The molecule has 4 fully saturated rings. The molecule has 14 nitrogen and oxygen atoms in total. The smallest absolute Gasteiger partial charge is 0.410 e. The Kier molecular flexibility index (Phi) is 19.5. The summed E-state index contributed by atoms with van der Waals surface area (Å²) in [5.41, 5.74) is 13.8. The second-order valence-corrected chi connectivity index (χ2v) is 22.7. The third-order valence-electron chi connectivity index (χ3n) is 17.4. The second-order valence-electron chi connectivity index (χ2n) is 22.7. The third kappa shape index (κ3) is 12.9. The van der Waals surface area contributed by atoms with Crippen LogP contribution in [0.4, 0.5) is 4.79 Å². The summed E-state index contributed by atoms with van der Waals surface area (Å²) in [5, 5.41) is 16.4. The fourth-order valence-electron chi connectivity index (χ4n) is 12.8. The number of aliphatic imine (C=N–C) groups is 2. The van der Waals surface area contributed by atoms with E-state index in [0.717, 1.165) is 96.3 Å². The fraction of sp³-hybridized carbons (Fsp3) is 0.279. The summed E-state index contributed by atoms with van der Waals surface area (Å²) in [6.45, 7) is 3.90. The van der Waals surface area contributed by atoms with Gasteiger partial charge in [0.2, 0.25) is 0 Å². The molecular weight excluding hydrogens is 1150 g/mol. The number of allylic oxidation sites excluding steroid dienone is 2. The van der Waals surface area contributed by atoms with Gasteiger partial charge in [-0.3, -0.25) is 24.5 Å². The first-order chi connectivity index (χ1) is 40.3. The number of ether oxygens (including phenoxy) is 1. The number of benzene rings is 7. The molecule has 8 heterocycles. The molecule has 4 atom stereocenters. The van der Waals surface area contributed by atoms with E-state index in [2.05, 4.69) is 98.7 Å². The quantitative estimate of drug-likeness (QED) is 0.0890. The van der Waals surface area contributed by atoms with E-state index < -0.39 is 6.09 Å². The molecule has 6 aliphatic heterocycles. The van der Waals surface area contributed by atoms with Crippen molar-refractivity contribution in [2.24, 2.45) is 9.98 Å². The number of nitrogens with one attached hydrogen (secondary N) is 5. The van der Waals surface area contributed by atoms with Gasteiger partial charge in [-0.1, -0.05) is 91.0 Å². The molecule has 86 heavy (non-hydrogen) atoms. The molecule has 5 N–H and O–H groups in total. The summed E-state index contributed by atoms with van der Waals surface area (Å²) in [6.07, 6.45) is 14.0. The van der Waals surface area contributed by atoms with Crippen LogP contribution in [0.2, 0.25) is 0 Å². The molecule has 15 rings (SSSR count). The molecule has 0 saturated carbocycles. The van der Waals surface area contributed by atoms with E-state index >= 15 is 0 Å². The Morgan fingerprint density at radius 3 is 1.43 bits per heavy atom. The summed E-state index contributed by atoms with van der Waals surface area (Å²) in [7, 11) is 0. The Labute approximate surface area is 527 Å². The van der Waals surface area contributed by atoms with Crippen LogP contribution >= 0.6 is 54.0 Å². The van der Waals surface area contributed by atoms with Crippen molar-refractivity contribution in [3.63, 3.8) is 0 Å². The molecule has 0 unspecified atom stereocenters. The van der Waals surface area contributed by atoms with Gasteiger partial charge < -0.3 is 30.7 Å². The van der Waals surface area contributed by atoms with E-state index in [9.17, 15) is 14.4 Å². The van der Waals surface area contributed by atoms with E-state index in [1.165, 1.54) is 75.5 Å². The Morgan fingerprint density at radius 2 is 0.930 bits per heavy atom. The predicted molar refractivity (Wildman–Crippen MR) is 370 cm³/mol. The molecule has 442 valence electrons. The number of aromatic nitrogens is 4. The van der Waals surface area contributed by atoms with E-state index in [1.807, 2.05) is 79.1 Å². The molecule has 2 aromatic heterocycles. The van der Waals surface area contributed by atoms with Crippen LogP contribution in [0.25, 0.3) is 76.8 Å². The van der Waals surface area contributed by atoms with E-state index in [1.54, 1.807) is 4.90 Å². The summed E-state index contributed by atoms with van der Waals surface area (Å²) in [4.78, 5) is 65.6. The average molecular weight is 1220 g/mol. The number of likely N-dealkylation sites (tertiary alicyclic amines) is 1. The lowest BCUT2D eigenvalue weighted by Gasteiger charge is -2.23. The highest BCUT2D eigenvalue weighted by molar-refractivity contribution is 7.59. The summed E-state index contributed by atoms with van der Waals surface area (Å²) < 4.78 is 5.61. The highest BCUT2D eigenvalue weighted by atomic mass is 32.1. The van der Waals surface area contributed by atoms with E-state index in [4.69, 9.17) is 24.7 Å². The van der Waals surface area contributed by atoms with Crippen molar-refractivity contribution in [1.82, 2.24) is 40.8 Å². The number of hydrogen-bond acceptors (Lipinski definition) is 11. The van der Waals surface area contributed by atoms with Gasteiger partial charge in [-0.05, 0) is 191 Å². The normalized spacial score (nSPS) is 19.6. The summed E-state index contributed by atoms with van der Waals surface area (Å²) >= 11 is 0. The van der Waals surface area contributed by atoms with Crippen molar-refractivity contribution < 1.29 is 9.53 Å². The first kappa shape index (κ1) is 61.8. The van der Waals surface area contributed by atoms with E-state index in [-0.39, 0.29) is 83.8 Å². The lowest BCUT2D eigenvalue weighted by molar-refractivity contribution is 0.0908. The Bertz CT molecular complexity index is 4240. The number of fused-ring (bicyclic) bond motifs is 4. The fourth-order valence-corrected chi connectivity index (χ4v) is 12.8. The van der Waals surface area contributed by atoms with Crippen LogP contribution in [0.15, 0.2) is 172 Å². The van der Waals surface area contributed by atoms with Gasteiger partial charge >= 0.3 is 6.09 Å². The number of hydrogen-bond donors (Lipinski definition) is 5. The summed E-state index contributed by atoms with van der Waals surface area (Å²) in [5.74, 6) is 1.23. The molecule has 0 aliphatic carbocycles. The van der Waals surface area contributed by atoms with Gasteiger partial charge in [0.25, 0.3) is 11.1 Å². The maximum atomic E-state index is 13.2. The van der Waals surface area contributed by atoms with Crippen molar-refractivity contribution in [1.29, 1.82) is 0 Å². The average Bonchev–Trinajstić information content (AvgIpc) is 2.42.